The summed E-state index contributed by atoms with van der Waals surface area (Å²) in [4.78, 5) is 0. The van der Waals surface area contributed by atoms with Gasteiger partial charge in [0.1, 0.15) is 11.9 Å². The lowest BCUT2D eigenvalue weighted by Crippen LogP contribution is -2.63. The van der Waals surface area contributed by atoms with E-state index in [4.69, 9.17) is 4.74 Å². The lowest BCUT2D eigenvalue weighted by molar-refractivity contribution is -0.198. The first kappa shape index (κ1) is 14.4. The molecule has 4 atom stereocenters. The molecule has 3 nitrogen and oxygen atoms in total. The standard InChI is InChI=1S/C16H24O3/c1-4-9-16(12(3)17)10-14(15(16)18)19-13-7-5-11(2)6-8-13/h5-8,12,14-15,17-18H,4,9-10H2,1-3H3. The Labute approximate surface area is 115 Å². The van der Waals surface area contributed by atoms with Crippen molar-refractivity contribution in [3.8, 4) is 5.75 Å². The van der Waals surface area contributed by atoms with Crippen LogP contribution < -0.4 is 4.74 Å². The van der Waals surface area contributed by atoms with E-state index in [1.807, 2.05) is 31.2 Å². The van der Waals surface area contributed by atoms with E-state index >= 15 is 0 Å². The van der Waals surface area contributed by atoms with Gasteiger partial charge in [0.05, 0.1) is 12.2 Å². The van der Waals surface area contributed by atoms with Crippen molar-refractivity contribution in [3.63, 3.8) is 0 Å². The molecular weight excluding hydrogens is 240 g/mol. The molecule has 4 unspecified atom stereocenters. The van der Waals surface area contributed by atoms with Gasteiger partial charge in [-0.1, -0.05) is 31.0 Å². The summed E-state index contributed by atoms with van der Waals surface area (Å²) in [6.45, 7) is 5.87. The zero-order valence-corrected chi connectivity index (χ0v) is 12.0. The molecule has 0 radical (unpaired) electrons. The third-order valence-electron chi connectivity index (χ3n) is 4.38. The summed E-state index contributed by atoms with van der Waals surface area (Å²) in [5, 5.41) is 20.3. The van der Waals surface area contributed by atoms with Gasteiger partial charge in [-0.25, -0.2) is 0 Å². The van der Waals surface area contributed by atoms with Crippen LogP contribution in [0.4, 0.5) is 0 Å². The van der Waals surface area contributed by atoms with Crippen LogP contribution in [0.5, 0.6) is 5.75 Å². The minimum Gasteiger partial charge on any atom is -0.488 e. The third kappa shape index (κ3) is 2.63. The zero-order chi connectivity index (χ0) is 14.0. The Hall–Kier alpha value is -1.06. The number of ether oxygens (including phenoxy) is 1. The topological polar surface area (TPSA) is 49.7 Å². The highest BCUT2D eigenvalue weighted by molar-refractivity contribution is 5.27. The van der Waals surface area contributed by atoms with E-state index in [1.165, 1.54) is 5.56 Å². The molecule has 0 aromatic heterocycles. The van der Waals surface area contributed by atoms with Gasteiger partial charge in [-0.3, -0.25) is 0 Å². The molecule has 1 fully saturated rings. The van der Waals surface area contributed by atoms with E-state index in [-0.39, 0.29) is 11.5 Å². The average Bonchev–Trinajstić information content (AvgIpc) is 2.38. The van der Waals surface area contributed by atoms with E-state index in [0.717, 1.165) is 18.6 Å². The number of hydrogen-bond donors (Lipinski definition) is 2. The van der Waals surface area contributed by atoms with Crippen LogP contribution in [-0.4, -0.2) is 28.5 Å². The van der Waals surface area contributed by atoms with Crippen LogP contribution in [0.3, 0.4) is 0 Å². The van der Waals surface area contributed by atoms with E-state index in [9.17, 15) is 10.2 Å². The summed E-state index contributed by atoms with van der Waals surface area (Å²) in [7, 11) is 0. The van der Waals surface area contributed by atoms with Crippen molar-refractivity contribution in [3.05, 3.63) is 29.8 Å². The van der Waals surface area contributed by atoms with Crippen molar-refractivity contribution in [2.45, 2.75) is 58.3 Å². The van der Waals surface area contributed by atoms with Crippen LogP contribution in [0.15, 0.2) is 24.3 Å². The van der Waals surface area contributed by atoms with Crippen LogP contribution in [0.1, 0.15) is 38.7 Å². The summed E-state index contributed by atoms with van der Waals surface area (Å²) < 4.78 is 5.81. The molecule has 2 N–H and O–H groups in total. The lowest BCUT2D eigenvalue weighted by atomic mass is 9.59. The quantitative estimate of drug-likeness (QED) is 0.859. The first-order valence-corrected chi connectivity index (χ1v) is 7.09. The largest absolute Gasteiger partial charge is 0.488 e. The maximum atomic E-state index is 10.4. The predicted molar refractivity (Wildman–Crippen MR) is 75.2 cm³/mol. The molecule has 1 saturated carbocycles. The van der Waals surface area contributed by atoms with Gasteiger partial charge >= 0.3 is 0 Å². The molecule has 0 saturated heterocycles. The van der Waals surface area contributed by atoms with Gasteiger partial charge in [-0.15, -0.1) is 0 Å². The van der Waals surface area contributed by atoms with Gasteiger partial charge in [0.2, 0.25) is 0 Å². The summed E-state index contributed by atoms with van der Waals surface area (Å²) in [6.07, 6.45) is 1.21. The van der Waals surface area contributed by atoms with Crippen molar-refractivity contribution >= 4 is 0 Å². The summed E-state index contributed by atoms with van der Waals surface area (Å²) in [5.41, 5.74) is 0.801. The molecule has 1 aromatic carbocycles. The third-order valence-corrected chi connectivity index (χ3v) is 4.38. The molecule has 1 aromatic rings. The summed E-state index contributed by atoms with van der Waals surface area (Å²) in [6, 6.07) is 7.83. The monoisotopic (exact) mass is 264 g/mol. The Kier molecular flexibility index (Phi) is 4.16. The second-order valence-corrected chi connectivity index (χ2v) is 5.78. The Morgan fingerprint density at radius 2 is 2.00 bits per heavy atom. The fraction of sp³-hybridized carbons (Fsp3) is 0.625. The van der Waals surface area contributed by atoms with Gasteiger partial charge in [0, 0.05) is 5.41 Å². The first-order chi connectivity index (χ1) is 8.99. The number of aliphatic hydroxyl groups is 2. The van der Waals surface area contributed by atoms with Gasteiger partial charge in [0.25, 0.3) is 0 Å². The minimum absolute atomic E-state index is 0.205. The van der Waals surface area contributed by atoms with Crippen molar-refractivity contribution in [2.24, 2.45) is 5.41 Å². The number of hydrogen-bond acceptors (Lipinski definition) is 3. The van der Waals surface area contributed by atoms with Crippen LogP contribution in [0, 0.1) is 12.3 Å². The first-order valence-electron chi connectivity index (χ1n) is 7.09. The van der Waals surface area contributed by atoms with Gasteiger partial charge < -0.3 is 14.9 Å². The Morgan fingerprint density at radius 3 is 2.47 bits per heavy atom. The molecule has 2 rings (SSSR count). The maximum absolute atomic E-state index is 10.4. The second kappa shape index (κ2) is 5.51. The zero-order valence-electron chi connectivity index (χ0n) is 12.0. The van der Waals surface area contributed by atoms with Crippen molar-refractivity contribution in [1.29, 1.82) is 0 Å². The van der Waals surface area contributed by atoms with Crippen LogP contribution >= 0.6 is 0 Å². The van der Waals surface area contributed by atoms with Gasteiger partial charge in [-0.2, -0.15) is 0 Å². The average molecular weight is 264 g/mol. The Bertz CT molecular complexity index is 413. The number of benzene rings is 1. The number of aryl methyl sites for hydroxylation is 1. The van der Waals surface area contributed by atoms with Crippen molar-refractivity contribution in [2.75, 3.05) is 0 Å². The van der Waals surface area contributed by atoms with Gasteiger partial charge in [-0.05, 0) is 38.8 Å². The molecule has 1 aliphatic rings. The number of rotatable bonds is 5. The van der Waals surface area contributed by atoms with E-state index in [2.05, 4.69) is 6.92 Å². The van der Waals surface area contributed by atoms with Crippen molar-refractivity contribution < 1.29 is 14.9 Å². The maximum Gasteiger partial charge on any atom is 0.126 e. The molecule has 0 aliphatic heterocycles. The smallest absolute Gasteiger partial charge is 0.126 e. The van der Waals surface area contributed by atoms with E-state index < -0.39 is 12.2 Å². The highest BCUT2D eigenvalue weighted by Crippen LogP contribution is 2.49. The van der Waals surface area contributed by atoms with E-state index in [1.54, 1.807) is 6.92 Å². The number of aliphatic hydroxyl groups excluding tert-OH is 2. The lowest BCUT2D eigenvalue weighted by Gasteiger charge is -2.53. The van der Waals surface area contributed by atoms with Crippen LogP contribution in [0.2, 0.25) is 0 Å². The minimum atomic E-state index is -0.589. The fourth-order valence-electron chi connectivity index (χ4n) is 3.06. The molecule has 1 aliphatic carbocycles. The SMILES string of the molecule is CCCC1(C(C)O)CC(Oc2ccc(C)cc2)C1O. The normalized spacial score (nSPS) is 31.6. The molecule has 0 spiro atoms. The fourth-order valence-corrected chi connectivity index (χ4v) is 3.06. The Morgan fingerprint density at radius 1 is 1.37 bits per heavy atom. The highest BCUT2D eigenvalue weighted by atomic mass is 16.5. The molecule has 0 amide bonds. The molecule has 0 bridgehead atoms. The van der Waals surface area contributed by atoms with Crippen LogP contribution in [-0.2, 0) is 0 Å². The molecular formula is C16H24O3. The second-order valence-electron chi connectivity index (χ2n) is 5.78. The summed E-state index contributed by atoms with van der Waals surface area (Å²) in [5.74, 6) is 0.783. The highest BCUT2D eigenvalue weighted by Gasteiger charge is 2.56. The van der Waals surface area contributed by atoms with Gasteiger partial charge in [0.15, 0.2) is 0 Å². The molecule has 106 valence electrons. The Balaban J connectivity index is 2.00. The molecule has 3 heteroatoms. The van der Waals surface area contributed by atoms with Crippen LogP contribution in [0.25, 0.3) is 0 Å². The predicted octanol–water partition coefficient (Wildman–Crippen LogP) is 2.67. The van der Waals surface area contributed by atoms with E-state index in [0.29, 0.717) is 6.42 Å². The summed E-state index contributed by atoms with van der Waals surface area (Å²) >= 11 is 0. The van der Waals surface area contributed by atoms with Crippen molar-refractivity contribution in [1.82, 2.24) is 0 Å². The molecule has 0 heterocycles. The molecule has 19 heavy (non-hydrogen) atoms.